The molecule has 2 atom stereocenters. The fourth-order valence-electron chi connectivity index (χ4n) is 2.45. The highest BCUT2D eigenvalue weighted by molar-refractivity contribution is 5.94. The molecule has 1 amide bonds. The second-order valence-corrected chi connectivity index (χ2v) is 5.01. The summed E-state index contributed by atoms with van der Waals surface area (Å²) < 4.78 is 0. The van der Waals surface area contributed by atoms with E-state index in [4.69, 9.17) is 0 Å². The van der Waals surface area contributed by atoms with E-state index in [0.29, 0.717) is 13.0 Å². The molecule has 6 nitrogen and oxygen atoms in total. The smallest absolute Gasteiger partial charge is 0.251 e. The van der Waals surface area contributed by atoms with Gasteiger partial charge in [-0.25, -0.2) is 0 Å². The Morgan fingerprint density at radius 2 is 2.21 bits per heavy atom. The summed E-state index contributed by atoms with van der Waals surface area (Å²) in [6, 6.07) is 2.36. The second-order valence-electron chi connectivity index (χ2n) is 5.01. The molecule has 0 aliphatic heterocycles. The number of aromatic amines is 1. The largest absolute Gasteiger partial charge is 0.494 e. The summed E-state index contributed by atoms with van der Waals surface area (Å²) in [6.45, 7) is 0.476. The Hall–Kier alpha value is -1.82. The molecule has 0 aromatic carbocycles. The molecule has 2 rings (SSSR count). The third kappa shape index (κ3) is 3.82. The van der Waals surface area contributed by atoms with Crippen LogP contribution in [0.2, 0.25) is 0 Å². The number of nitrogens with one attached hydrogen (secondary N) is 2. The van der Waals surface area contributed by atoms with Crippen molar-refractivity contribution >= 4 is 5.91 Å². The van der Waals surface area contributed by atoms with Gasteiger partial charge in [0.1, 0.15) is 0 Å². The average Bonchev–Trinajstić information content (AvgIpc) is 2.35. The van der Waals surface area contributed by atoms with Gasteiger partial charge in [0.05, 0.1) is 11.7 Å². The Kier molecular flexibility index (Phi) is 4.21. The van der Waals surface area contributed by atoms with Gasteiger partial charge in [-0.1, -0.05) is 6.42 Å². The molecular formula is C13H18N2O4. The number of pyridine rings is 1. The average molecular weight is 266 g/mol. The lowest BCUT2D eigenvalue weighted by molar-refractivity contribution is 0.0873. The van der Waals surface area contributed by atoms with Crippen LogP contribution in [0.1, 0.15) is 36.0 Å². The lowest BCUT2D eigenvalue weighted by atomic mass is 9.87. The van der Waals surface area contributed by atoms with Gasteiger partial charge in [-0.2, -0.15) is 0 Å². The Labute approximate surface area is 110 Å². The second kappa shape index (κ2) is 5.88. The quantitative estimate of drug-likeness (QED) is 0.634. The number of aromatic hydroxyl groups is 1. The van der Waals surface area contributed by atoms with Crippen LogP contribution in [0.15, 0.2) is 16.9 Å². The summed E-state index contributed by atoms with van der Waals surface area (Å²) in [5.41, 5.74) is -0.379. The van der Waals surface area contributed by atoms with Crippen LogP contribution < -0.4 is 10.9 Å². The molecule has 1 heterocycles. The van der Waals surface area contributed by atoms with Crippen LogP contribution in [0.5, 0.6) is 5.88 Å². The lowest BCUT2D eigenvalue weighted by Crippen LogP contribution is -2.33. The number of hydrogen-bond acceptors (Lipinski definition) is 4. The van der Waals surface area contributed by atoms with Gasteiger partial charge in [-0.05, 0) is 25.2 Å². The van der Waals surface area contributed by atoms with E-state index in [-0.39, 0.29) is 29.4 Å². The lowest BCUT2D eigenvalue weighted by Gasteiger charge is -2.25. The van der Waals surface area contributed by atoms with E-state index < -0.39 is 5.56 Å². The van der Waals surface area contributed by atoms with Gasteiger partial charge in [0, 0.05) is 18.7 Å². The predicted molar refractivity (Wildman–Crippen MR) is 69.0 cm³/mol. The first-order valence-electron chi connectivity index (χ1n) is 6.44. The standard InChI is InChI=1S/C13H18N2O4/c16-10-3-1-2-8(4-10)7-14-13(19)9-5-11(17)15-12(18)6-9/h5-6,8,10,16H,1-4,7H2,(H,14,19)(H2,15,17,18). The molecule has 1 aromatic heterocycles. The summed E-state index contributed by atoms with van der Waals surface area (Å²) in [7, 11) is 0. The number of amides is 1. The number of aliphatic hydroxyl groups excluding tert-OH is 1. The Morgan fingerprint density at radius 1 is 1.42 bits per heavy atom. The number of carbonyl (C=O) groups is 1. The van der Waals surface area contributed by atoms with Crippen molar-refractivity contribution in [2.45, 2.75) is 31.8 Å². The SMILES string of the molecule is O=C(NCC1CCCC(O)C1)c1cc(O)[nH]c(=O)c1. The fraction of sp³-hybridized carbons (Fsp3) is 0.538. The Balaban J connectivity index is 1.92. The van der Waals surface area contributed by atoms with Crippen molar-refractivity contribution in [3.63, 3.8) is 0 Å². The fourth-order valence-corrected chi connectivity index (χ4v) is 2.45. The number of H-pyrrole nitrogens is 1. The molecule has 0 saturated heterocycles. The molecule has 0 radical (unpaired) electrons. The minimum absolute atomic E-state index is 0.137. The highest BCUT2D eigenvalue weighted by Gasteiger charge is 2.20. The molecule has 4 N–H and O–H groups in total. The summed E-state index contributed by atoms with van der Waals surface area (Å²) in [6.07, 6.45) is 3.19. The van der Waals surface area contributed by atoms with Gasteiger partial charge in [0.15, 0.2) is 5.88 Å². The third-order valence-electron chi connectivity index (χ3n) is 3.40. The molecule has 19 heavy (non-hydrogen) atoms. The molecule has 6 heteroatoms. The molecule has 104 valence electrons. The zero-order chi connectivity index (χ0) is 13.8. The monoisotopic (exact) mass is 266 g/mol. The number of rotatable bonds is 3. The first-order chi connectivity index (χ1) is 9.04. The van der Waals surface area contributed by atoms with E-state index in [2.05, 4.69) is 10.3 Å². The van der Waals surface area contributed by atoms with Crippen LogP contribution in [0.3, 0.4) is 0 Å². The molecule has 1 aromatic rings. The maximum Gasteiger partial charge on any atom is 0.251 e. The summed E-state index contributed by atoms with van der Waals surface area (Å²) in [5.74, 6) is -0.449. The van der Waals surface area contributed by atoms with Crippen LogP contribution in [0, 0.1) is 5.92 Å². The minimum atomic E-state index is -0.516. The van der Waals surface area contributed by atoms with E-state index in [9.17, 15) is 19.8 Å². The van der Waals surface area contributed by atoms with Crippen molar-refractivity contribution in [3.05, 3.63) is 28.0 Å². The summed E-state index contributed by atoms with van der Waals surface area (Å²) >= 11 is 0. The van der Waals surface area contributed by atoms with Crippen molar-refractivity contribution in [1.29, 1.82) is 0 Å². The Bertz CT molecular complexity index is 512. The Morgan fingerprint density at radius 3 is 2.89 bits per heavy atom. The zero-order valence-electron chi connectivity index (χ0n) is 10.6. The van der Waals surface area contributed by atoms with Gasteiger partial charge in [-0.15, -0.1) is 0 Å². The molecule has 0 spiro atoms. The topological polar surface area (TPSA) is 102 Å². The number of hydrogen-bond donors (Lipinski definition) is 4. The number of aliphatic hydroxyl groups is 1. The molecule has 1 aliphatic rings. The summed E-state index contributed by atoms with van der Waals surface area (Å²) in [4.78, 5) is 25.1. The van der Waals surface area contributed by atoms with Crippen molar-refractivity contribution < 1.29 is 15.0 Å². The van der Waals surface area contributed by atoms with Crippen LogP contribution in [-0.2, 0) is 0 Å². The van der Waals surface area contributed by atoms with Crippen LogP contribution in [0.25, 0.3) is 0 Å². The molecule has 1 fully saturated rings. The van der Waals surface area contributed by atoms with Gasteiger partial charge in [0.25, 0.3) is 11.5 Å². The van der Waals surface area contributed by atoms with E-state index in [1.54, 1.807) is 0 Å². The normalized spacial score (nSPS) is 23.0. The maximum absolute atomic E-state index is 11.8. The van der Waals surface area contributed by atoms with Gasteiger partial charge < -0.3 is 15.5 Å². The first kappa shape index (κ1) is 13.6. The van der Waals surface area contributed by atoms with Crippen molar-refractivity contribution in [1.82, 2.24) is 10.3 Å². The van der Waals surface area contributed by atoms with Crippen molar-refractivity contribution in [3.8, 4) is 5.88 Å². The van der Waals surface area contributed by atoms with Crippen LogP contribution >= 0.6 is 0 Å². The van der Waals surface area contributed by atoms with Gasteiger partial charge in [-0.3, -0.25) is 14.6 Å². The molecule has 1 aliphatic carbocycles. The highest BCUT2D eigenvalue weighted by atomic mass is 16.3. The van der Waals surface area contributed by atoms with Crippen molar-refractivity contribution in [2.75, 3.05) is 6.54 Å². The molecule has 2 unspecified atom stereocenters. The van der Waals surface area contributed by atoms with E-state index >= 15 is 0 Å². The van der Waals surface area contributed by atoms with Gasteiger partial charge in [0.2, 0.25) is 0 Å². The first-order valence-corrected chi connectivity index (χ1v) is 6.44. The highest BCUT2D eigenvalue weighted by Crippen LogP contribution is 2.23. The number of carbonyl (C=O) groups excluding carboxylic acids is 1. The third-order valence-corrected chi connectivity index (χ3v) is 3.40. The van der Waals surface area contributed by atoms with Gasteiger partial charge >= 0.3 is 0 Å². The van der Waals surface area contributed by atoms with Crippen LogP contribution in [-0.4, -0.2) is 33.8 Å². The molecular weight excluding hydrogens is 248 g/mol. The van der Waals surface area contributed by atoms with Crippen molar-refractivity contribution in [2.24, 2.45) is 5.92 Å². The summed E-state index contributed by atoms with van der Waals surface area (Å²) in [5, 5.41) is 21.5. The molecule has 1 saturated carbocycles. The minimum Gasteiger partial charge on any atom is -0.494 e. The van der Waals surface area contributed by atoms with E-state index in [1.807, 2.05) is 0 Å². The molecule has 0 bridgehead atoms. The van der Waals surface area contributed by atoms with E-state index in [0.717, 1.165) is 25.3 Å². The number of aromatic nitrogens is 1. The zero-order valence-corrected chi connectivity index (χ0v) is 10.6. The van der Waals surface area contributed by atoms with E-state index in [1.165, 1.54) is 6.07 Å². The maximum atomic E-state index is 11.8. The van der Waals surface area contributed by atoms with Crippen LogP contribution in [0.4, 0.5) is 0 Å². The predicted octanol–water partition coefficient (Wildman–Crippen LogP) is 0.361.